The van der Waals surface area contributed by atoms with E-state index in [1.165, 1.54) is 0 Å². The third kappa shape index (κ3) is 18.8. The Morgan fingerprint density at radius 3 is 1.07 bits per heavy atom. The predicted molar refractivity (Wildman–Crippen MR) is 270 cm³/mol. The number of aliphatic hydroxyl groups is 12. The second-order valence-electron chi connectivity index (χ2n) is 20.5. The largest absolute Gasteiger partial charge is 0.394 e. The van der Waals surface area contributed by atoms with Crippen LogP contribution in [0.3, 0.4) is 0 Å². The molecule has 0 aromatic carbocycles. The minimum absolute atomic E-state index is 0.189. The van der Waals surface area contributed by atoms with Crippen LogP contribution in [0.1, 0.15) is 73.1 Å². The lowest BCUT2D eigenvalue weighted by molar-refractivity contribution is -0.324. The Morgan fingerprint density at radius 2 is 0.716 bits per heavy atom. The second kappa shape index (κ2) is 32.2. The van der Waals surface area contributed by atoms with Crippen LogP contribution in [0, 0.1) is 0 Å². The summed E-state index contributed by atoms with van der Waals surface area (Å²) >= 11 is 0.707. The van der Waals surface area contributed by atoms with Gasteiger partial charge in [0.15, 0.2) is 36.6 Å². The van der Waals surface area contributed by atoms with Crippen LogP contribution in [0.5, 0.6) is 0 Å². The molecular formula is C48H81N5O27S. The van der Waals surface area contributed by atoms with Crippen molar-refractivity contribution >= 4 is 46.4 Å². The molecule has 0 aromatic rings. The highest BCUT2D eigenvalue weighted by Crippen LogP contribution is 2.31. The second-order valence-corrected chi connectivity index (χ2v) is 21.5. The first-order valence-corrected chi connectivity index (χ1v) is 27.6. The van der Waals surface area contributed by atoms with Gasteiger partial charge in [0.25, 0.3) is 0 Å². The van der Waals surface area contributed by atoms with Crippen molar-refractivity contribution in [2.24, 2.45) is 0 Å². The molecule has 33 heteroatoms. The first-order valence-electron chi connectivity index (χ1n) is 26.6. The highest BCUT2D eigenvalue weighted by atomic mass is 32.2. The summed E-state index contributed by atoms with van der Waals surface area (Å²) in [5, 5.41) is 143. The smallest absolute Gasteiger partial charge is 0.230 e. The average Bonchev–Trinajstić information content (AvgIpc) is 3.48. The lowest BCUT2D eigenvalue weighted by Crippen LogP contribution is -2.68. The maximum Gasteiger partial charge on any atom is 0.230 e. The molecule has 0 aromatic heterocycles. The molecule has 5 aliphatic rings. The summed E-state index contributed by atoms with van der Waals surface area (Å²) in [5.41, 5.74) is 0. The van der Waals surface area contributed by atoms with E-state index in [9.17, 15) is 90.0 Å². The monoisotopic (exact) mass is 1190 g/mol. The van der Waals surface area contributed by atoms with Crippen LogP contribution < -0.4 is 26.6 Å². The van der Waals surface area contributed by atoms with Gasteiger partial charge in [0, 0.05) is 34.1 Å². The molecule has 81 heavy (non-hydrogen) atoms. The summed E-state index contributed by atoms with van der Waals surface area (Å²) in [6, 6.07) is -7.61. The lowest BCUT2D eigenvalue weighted by Gasteiger charge is -2.46. The Labute approximate surface area is 469 Å². The minimum Gasteiger partial charge on any atom is -0.394 e. The van der Waals surface area contributed by atoms with Gasteiger partial charge in [-0.1, -0.05) is 44.4 Å². The summed E-state index contributed by atoms with van der Waals surface area (Å²) in [6.07, 6.45) is -30.3. The van der Waals surface area contributed by atoms with Gasteiger partial charge in [-0.25, -0.2) is 0 Å². The Morgan fingerprint density at radius 1 is 0.407 bits per heavy atom. The van der Waals surface area contributed by atoms with E-state index in [0.29, 0.717) is 18.2 Å². The van der Waals surface area contributed by atoms with Crippen LogP contribution in [0.2, 0.25) is 0 Å². The van der Waals surface area contributed by atoms with Crippen molar-refractivity contribution in [2.45, 2.75) is 226 Å². The molecule has 0 saturated carbocycles. The molecule has 0 bridgehead atoms. The molecular weight excluding hydrogens is 1110 g/mol. The molecule has 32 nitrogen and oxygen atoms in total. The van der Waals surface area contributed by atoms with Crippen LogP contribution in [0.15, 0.2) is 0 Å². The third-order valence-corrected chi connectivity index (χ3v) is 15.0. The number of nitrogens with one attached hydrogen (secondary N) is 5. The van der Waals surface area contributed by atoms with Gasteiger partial charge in [0.2, 0.25) is 29.5 Å². The summed E-state index contributed by atoms with van der Waals surface area (Å²) in [5.74, 6) is -4.05. The predicted octanol–water partition coefficient (Wildman–Crippen LogP) is -8.61. The molecule has 0 spiro atoms. The van der Waals surface area contributed by atoms with Crippen LogP contribution >= 0.6 is 11.8 Å². The fourth-order valence-electron chi connectivity index (χ4n) is 9.73. The summed E-state index contributed by atoms with van der Waals surface area (Å²) in [6.45, 7) is 2.64. The molecule has 5 heterocycles. The van der Waals surface area contributed by atoms with Gasteiger partial charge < -0.3 is 130 Å². The van der Waals surface area contributed by atoms with Gasteiger partial charge in [0.05, 0.1) is 38.8 Å². The highest BCUT2D eigenvalue weighted by Gasteiger charge is 2.53. The summed E-state index contributed by atoms with van der Waals surface area (Å²) in [4.78, 5) is 74.4. The van der Waals surface area contributed by atoms with Crippen molar-refractivity contribution in [3.63, 3.8) is 0 Å². The van der Waals surface area contributed by atoms with E-state index in [1.54, 1.807) is 0 Å². The van der Waals surface area contributed by atoms with Crippen LogP contribution in [-0.2, 0) is 71.4 Å². The summed E-state index contributed by atoms with van der Waals surface area (Å²) in [7, 11) is 0. The Bertz CT molecular complexity index is 2040. The Hall–Kier alpha value is -3.47. The van der Waals surface area contributed by atoms with Crippen molar-refractivity contribution in [2.75, 3.05) is 38.8 Å². The maximum atomic E-state index is 13.4. The van der Waals surface area contributed by atoms with E-state index >= 15 is 0 Å². The topological polar surface area (TPSA) is 488 Å². The molecule has 25 atom stereocenters. The summed E-state index contributed by atoms with van der Waals surface area (Å²) < 4.78 is 52.5. The van der Waals surface area contributed by atoms with E-state index in [1.807, 2.05) is 6.92 Å². The fourth-order valence-corrected chi connectivity index (χ4v) is 10.4. The average molecular weight is 1190 g/mol. The van der Waals surface area contributed by atoms with Gasteiger partial charge in [-0.3, -0.25) is 28.8 Å². The zero-order valence-electron chi connectivity index (χ0n) is 45.3. The molecule has 5 saturated heterocycles. The number of hydrogen-bond donors (Lipinski definition) is 17. The van der Waals surface area contributed by atoms with E-state index < -0.39 is 222 Å². The molecule has 0 radical (unpaired) electrons. The number of carbonyl (C=O) groups is 6. The normalized spacial score (nSPS) is 39.9. The molecule has 0 aliphatic carbocycles. The van der Waals surface area contributed by atoms with E-state index in [2.05, 4.69) is 26.6 Å². The number of aliphatic hydroxyl groups excluding tert-OH is 12. The standard InChI is InChI=1S/C48H81N5O27S/c1-6-7-8-9-10-11-28(60)81-17-27(59)53-33-43(70)38(65)26(15-74-47-32(52-21(5)58)42(69)36(63)24(79-47)14-73-45-30(50-19(3)56)40(67)34(61)22(12-54)77-45)80-48(33)75-16-25-37(64)41(68)31(51-20(4)57)46(78-25)72-13-23-35(62)39(66)29(44(71)76-23)49-18(2)55/h22-26,29-48,54,61-71H,6-17H2,1-5H3,(H,49,55)(H,50,56)(H,51,57)(H,52,58)(H,53,59)/t22-,23-,24-,25-,26-,29-,30-,31-,32-,33-,34-,35-,36-,37-,38-,39-,40-,41-,42-,43-,44?,45-,46-,47-,48-/m1/s1. The highest BCUT2D eigenvalue weighted by molar-refractivity contribution is 8.14. The van der Waals surface area contributed by atoms with Gasteiger partial charge in [-0.2, -0.15) is 0 Å². The SMILES string of the molecule is CCCCCCCC(=O)SCC(=O)N[C@H]1[C@H](OC[C@H]2O[C@@H](OC[C@H]3OC(O)[C@H](NC(C)=O)[C@@H](O)[C@@H]3O)[C@H](NC(C)=O)[C@@H](O)[C@@H]2O)O[C@H](CO[C@@H]2O[C@H](CO[C@@H]3O[C@H](CO)[C@@H](O)[C@H](O)[C@H]3NC(C)=O)[C@@H](O)[C@H](O)[C@H]2NC(C)=O)[C@@H](O)[C@@H]1O. The molecule has 466 valence electrons. The number of amides is 5. The molecule has 5 fully saturated rings. The Kier molecular flexibility index (Phi) is 27.1. The van der Waals surface area contributed by atoms with Crippen molar-refractivity contribution in [3.05, 3.63) is 0 Å². The molecule has 5 amide bonds. The number of unbranched alkanes of at least 4 members (excludes halogenated alkanes) is 4. The van der Waals surface area contributed by atoms with Crippen molar-refractivity contribution in [1.29, 1.82) is 0 Å². The number of thioether (sulfide) groups is 1. The molecule has 5 aliphatic heterocycles. The Balaban J connectivity index is 1.34. The van der Waals surface area contributed by atoms with E-state index in [0.717, 1.165) is 53.4 Å². The van der Waals surface area contributed by atoms with Crippen LogP contribution in [-0.4, -0.2) is 288 Å². The molecule has 1 unspecified atom stereocenters. The van der Waals surface area contributed by atoms with Gasteiger partial charge in [-0.05, 0) is 6.42 Å². The van der Waals surface area contributed by atoms with Crippen LogP contribution in [0.25, 0.3) is 0 Å². The number of hydrogen-bond acceptors (Lipinski definition) is 28. The first-order chi connectivity index (χ1) is 38.3. The third-order valence-electron chi connectivity index (χ3n) is 14.1. The zero-order chi connectivity index (χ0) is 60.0. The minimum atomic E-state index is -1.99. The van der Waals surface area contributed by atoms with Crippen LogP contribution in [0.4, 0.5) is 0 Å². The van der Waals surface area contributed by atoms with Gasteiger partial charge in [-0.15, -0.1) is 0 Å². The zero-order valence-corrected chi connectivity index (χ0v) is 46.1. The van der Waals surface area contributed by atoms with Crippen molar-refractivity contribution in [3.8, 4) is 0 Å². The molecule has 5 rings (SSSR count). The van der Waals surface area contributed by atoms with E-state index in [-0.39, 0.29) is 11.5 Å². The van der Waals surface area contributed by atoms with Gasteiger partial charge >= 0.3 is 0 Å². The number of carbonyl (C=O) groups excluding carboxylic acids is 6. The number of rotatable bonds is 26. The van der Waals surface area contributed by atoms with Crippen molar-refractivity contribution < 1.29 is 133 Å². The lowest BCUT2D eigenvalue weighted by atomic mass is 9.95. The quantitative estimate of drug-likeness (QED) is 0.0358. The fraction of sp³-hybridized carbons (Fsp3) is 0.875. The maximum absolute atomic E-state index is 13.4. The van der Waals surface area contributed by atoms with Crippen molar-refractivity contribution in [1.82, 2.24) is 26.6 Å². The molecule has 17 N–H and O–H groups in total. The number of ether oxygens (including phenoxy) is 9. The first kappa shape index (κ1) is 68.3. The van der Waals surface area contributed by atoms with Gasteiger partial charge in [0.1, 0.15) is 122 Å². The van der Waals surface area contributed by atoms with E-state index in [4.69, 9.17) is 42.6 Å².